The molecular weight excluding hydrogens is 392 g/mol. The number of aliphatic hydroxyl groups is 1. The molecule has 0 spiro atoms. The number of hydrogen-bond donors (Lipinski definition) is 2. The van der Waals surface area contributed by atoms with Gasteiger partial charge < -0.3 is 15.6 Å². The van der Waals surface area contributed by atoms with E-state index in [-0.39, 0.29) is 17.9 Å². The number of aryl methyl sites for hydroxylation is 1. The zero-order valence-electron chi connectivity index (χ0n) is 18.1. The van der Waals surface area contributed by atoms with Crippen LogP contribution >= 0.6 is 0 Å². The van der Waals surface area contributed by atoms with E-state index in [9.17, 15) is 9.90 Å². The van der Waals surface area contributed by atoms with Crippen molar-refractivity contribution in [1.29, 1.82) is 0 Å². The van der Waals surface area contributed by atoms with Gasteiger partial charge in [0.2, 0.25) is 5.91 Å². The molecular formula is C24H28N4O3. The predicted octanol–water partition coefficient (Wildman–Crippen LogP) is 3.15. The second-order valence-electron chi connectivity index (χ2n) is 8.83. The summed E-state index contributed by atoms with van der Waals surface area (Å²) in [7, 11) is 0. The van der Waals surface area contributed by atoms with Gasteiger partial charge in [0.05, 0.1) is 31.1 Å². The second kappa shape index (κ2) is 8.24. The van der Waals surface area contributed by atoms with Crippen molar-refractivity contribution >= 4 is 5.91 Å². The number of hydrogen-bond acceptors (Lipinski definition) is 5. The minimum absolute atomic E-state index is 0.0200. The Morgan fingerprint density at radius 3 is 2.68 bits per heavy atom. The number of aromatic nitrogens is 3. The maximum atomic E-state index is 12.5. The fourth-order valence-electron chi connectivity index (χ4n) is 4.07. The third-order valence-electron chi connectivity index (χ3n) is 5.84. The van der Waals surface area contributed by atoms with Crippen molar-refractivity contribution in [2.24, 2.45) is 11.1 Å². The van der Waals surface area contributed by atoms with Gasteiger partial charge in [-0.3, -0.25) is 14.5 Å². The summed E-state index contributed by atoms with van der Waals surface area (Å²) in [4.78, 5) is 17.0. The van der Waals surface area contributed by atoms with E-state index in [1.807, 2.05) is 42.8 Å². The Morgan fingerprint density at radius 2 is 2.10 bits per heavy atom. The standard InChI is InChI=1S/C24H28N4O3/c1-15-4-5-20(26-10-15)17-8-18(22(16(2)11-29)19(9-17)23(25)30)21-6-7-27-28(21)12-24(3)13-31-14-24/h4-10,16,29H,11-14H2,1-3H3,(H2,25,30)/t16-/m1/s1. The number of nitrogens with zero attached hydrogens (tertiary/aromatic N) is 3. The van der Waals surface area contributed by atoms with Gasteiger partial charge in [-0.1, -0.05) is 19.9 Å². The smallest absolute Gasteiger partial charge is 0.249 e. The molecule has 1 aliphatic rings. The fourth-order valence-corrected chi connectivity index (χ4v) is 4.07. The highest BCUT2D eigenvalue weighted by molar-refractivity contribution is 5.98. The number of pyridine rings is 1. The third-order valence-corrected chi connectivity index (χ3v) is 5.84. The summed E-state index contributed by atoms with van der Waals surface area (Å²) in [6.45, 7) is 8.00. The Hall–Kier alpha value is -3.03. The zero-order chi connectivity index (χ0) is 22.2. The van der Waals surface area contributed by atoms with Gasteiger partial charge in [-0.15, -0.1) is 0 Å². The molecule has 0 unspecified atom stereocenters. The first-order chi connectivity index (χ1) is 14.8. The maximum absolute atomic E-state index is 12.5. The van der Waals surface area contributed by atoms with E-state index in [0.717, 1.165) is 33.6 Å². The molecule has 0 aliphatic carbocycles. The quantitative estimate of drug-likeness (QED) is 0.611. The first kappa shape index (κ1) is 21.2. The van der Waals surface area contributed by atoms with Gasteiger partial charge in [0.1, 0.15) is 0 Å². The molecule has 3 N–H and O–H groups in total. The normalized spacial score (nSPS) is 16.0. The molecule has 7 nitrogen and oxygen atoms in total. The number of carbonyl (C=O) groups is 1. The van der Waals surface area contributed by atoms with Crippen LogP contribution in [0.3, 0.4) is 0 Å². The SMILES string of the molecule is Cc1ccc(-c2cc(C(N)=O)c([C@H](C)CO)c(-c3ccnn3CC3(C)COC3)c2)nc1. The first-order valence-corrected chi connectivity index (χ1v) is 10.4. The molecule has 3 aromatic rings. The van der Waals surface area contributed by atoms with Crippen LogP contribution in [0.5, 0.6) is 0 Å². The van der Waals surface area contributed by atoms with Crippen LogP contribution in [-0.4, -0.2) is 45.6 Å². The molecule has 31 heavy (non-hydrogen) atoms. The summed E-state index contributed by atoms with van der Waals surface area (Å²) in [6.07, 6.45) is 3.55. The van der Waals surface area contributed by atoms with E-state index in [4.69, 9.17) is 10.5 Å². The lowest BCUT2D eigenvalue weighted by atomic mass is 9.86. The lowest BCUT2D eigenvalue weighted by Crippen LogP contribution is -2.43. The van der Waals surface area contributed by atoms with E-state index >= 15 is 0 Å². The average molecular weight is 421 g/mol. The lowest BCUT2D eigenvalue weighted by Gasteiger charge is -2.38. The van der Waals surface area contributed by atoms with E-state index in [1.54, 1.807) is 18.5 Å². The predicted molar refractivity (Wildman–Crippen MR) is 119 cm³/mol. The van der Waals surface area contributed by atoms with Gasteiger partial charge in [0, 0.05) is 47.0 Å². The Bertz CT molecular complexity index is 1100. The molecule has 7 heteroatoms. The molecule has 1 amide bonds. The van der Waals surface area contributed by atoms with Crippen LogP contribution in [0.4, 0.5) is 0 Å². The van der Waals surface area contributed by atoms with Gasteiger partial charge in [0.15, 0.2) is 0 Å². The second-order valence-corrected chi connectivity index (χ2v) is 8.83. The maximum Gasteiger partial charge on any atom is 0.249 e. The van der Waals surface area contributed by atoms with Crippen molar-refractivity contribution in [3.63, 3.8) is 0 Å². The number of primary amides is 1. The molecule has 3 heterocycles. The molecule has 4 rings (SSSR count). The Labute approximate surface area is 181 Å². The van der Waals surface area contributed by atoms with Gasteiger partial charge in [-0.05, 0) is 42.3 Å². The van der Waals surface area contributed by atoms with Crippen LogP contribution in [0.1, 0.15) is 41.3 Å². The van der Waals surface area contributed by atoms with Crippen LogP contribution in [0, 0.1) is 12.3 Å². The number of benzene rings is 1. The molecule has 1 aromatic carbocycles. The molecule has 1 aliphatic heterocycles. The fraction of sp³-hybridized carbons (Fsp3) is 0.375. The molecule has 1 atom stereocenters. The Kier molecular flexibility index (Phi) is 5.64. The topological polar surface area (TPSA) is 103 Å². The highest BCUT2D eigenvalue weighted by Gasteiger charge is 2.35. The van der Waals surface area contributed by atoms with Gasteiger partial charge in [-0.25, -0.2) is 0 Å². The van der Waals surface area contributed by atoms with Crippen LogP contribution in [0.15, 0.2) is 42.7 Å². The summed E-state index contributed by atoms with van der Waals surface area (Å²) in [5, 5.41) is 14.5. The molecule has 0 radical (unpaired) electrons. The minimum atomic E-state index is -0.532. The summed E-state index contributed by atoms with van der Waals surface area (Å²) in [5.74, 6) is -0.806. The number of carbonyl (C=O) groups excluding carboxylic acids is 1. The van der Waals surface area contributed by atoms with Gasteiger partial charge in [-0.2, -0.15) is 5.10 Å². The molecule has 0 bridgehead atoms. The molecule has 0 saturated carbocycles. The third kappa shape index (κ3) is 4.11. The molecule has 2 aromatic heterocycles. The highest BCUT2D eigenvalue weighted by atomic mass is 16.5. The van der Waals surface area contributed by atoms with Crippen LogP contribution < -0.4 is 5.73 Å². The minimum Gasteiger partial charge on any atom is -0.396 e. The Morgan fingerprint density at radius 1 is 1.32 bits per heavy atom. The number of amides is 1. The van der Waals surface area contributed by atoms with Gasteiger partial charge in [0.25, 0.3) is 0 Å². The van der Waals surface area contributed by atoms with Gasteiger partial charge >= 0.3 is 0 Å². The highest BCUT2D eigenvalue weighted by Crippen LogP contribution is 2.37. The number of aliphatic hydroxyl groups excluding tert-OH is 1. The van der Waals surface area contributed by atoms with Crippen molar-refractivity contribution in [2.45, 2.75) is 33.2 Å². The van der Waals surface area contributed by atoms with Crippen LogP contribution in [-0.2, 0) is 11.3 Å². The van der Waals surface area contributed by atoms with Crippen molar-refractivity contribution in [2.75, 3.05) is 19.8 Å². The van der Waals surface area contributed by atoms with E-state index in [2.05, 4.69) is 17.0 Å². The molecule has 162 valence electrons. The van der Waals surface area contributed by atoms with Crippen LogP contribution in [0.25, 0.3) is 22.5 Å². The van der Waals surface area contributed by atoms with E-state index < -0.39 is 5.91 Å². The zero-order valence-corrected chi connectivity index (χ0v) is 18.1. The summed E-state index contributed by atoms with van der Waals surface area (Å²) in [5.41, 5.74) is 11.2. The largest absolute Gasteiger partial charge is 0.396 e. The van der Waals surface area contributed by atoms with Crippen molar-refractivity contribution in [1.82, 2.24) is 14.8 Å². The van der Waals surface area contributed by atoms with E-state index in [1.165, 1.54) is 0 Å². The summed E-state index contributed by atoms with van der Waals surface area (Å²) >= 11 is 0. The monoisotopic (exact) mass is 420 g/mol. The summed E-state index contributed by atoms with van der Waals surface area (Å²) < 4.78 is 7.35. The number of ether oxygens (including phenoxy) is 1. The number of nitrogens with two attached hydrogens (primary N) is 1. The van der Waals surface area contributed by atoms with Crippen molar-refractivity contribution < 1.29 is 14.6 Å². The molecule has 1 fully saturated rings. The van der Waals surface area contributed by atoms with E-state index in [0.29, 0.717) is 25.3 Å². The Balaban J connectivity index is 1.92. The van der Waals surface area contributed by atoms with Crippen molar-refractivity contribution in [3.05, 3.63) is 59.4 Å². The number of rotatable bonds is 7. The van der Waals surface area contributed by atoms with Crippen molar-refractivity contribution in [3.8, 4) is 22.5 Å². The van der Waals surface area contributed by atoms with Crippen LogP contribution in [0.2, 0.25) is 0 Å². The summed E-state index contributed by atoms with van der Waals surface area (Å²) in [6, 6.07) is 9.63. The lowest BCUT2D eigenvalue weighted by molar-refractivity contribution is -0.111. The first-order valence-electron chi connectivity index (χ1n) is 10.4. The molecule has 1 saturated heterocycles. The average Bonchev–Trinajstić information content (AvgIpc) is 3.19.